The van der Waals surface area contributed by atoms with Crippen LogP contribution in [-0.4, -0.2) is 45.4 Å². The Bertz CT molecular complexity index is 649. The zero-order chi connectivity index (χ0) is 16.4. The first kappa shape index (κ1) is 16.0. The van der Waals surface area contributed by atoms with Crippen molar-refractivity contribution in [1.82, 2.24) is 9.88 Å². The Morgan fingerprint density at radius 2 is 1.78 bits per heavy atom. The summed E-state index contributed by atoms with van der Waals surface area (Å²) in [6, 6.07) is 8.51. The van der Waals surface area contributed by atoms with Crippen molar-refractivity contribution in [3.05, 3.63) is 65.5 Å². The van der Waals surface area contributed by atoms with E-state index in [4.69, 9.17) is 0 Å². The molecule has 1 aromatic heterocycles. The summed E-state index contributed by atoms with van der Waals surface area (Å²) in [6.45, 7) is 0.720. The van der Waals surface area contributed by atoms with Gasteiger partial charge in [0.05, 0.1) is 30.6 Å². The van der Waals surface area contributed by atoms with Crippen LogP contribution in [0, 0.1) is 11.6 Å². The number of benzene rings is 1. The third kappa shape index (κ3) is 3.39. The highest BCUT2D eigenvalue weighted by Gasteiger charge is 2.41. The topological polar surface area (TPSA) is 56.6 Å². The van der Waals surface area contributed by atoms with Gasteiger partial charge in [-0.25, -0.2) is 8.78 Å². The molecule has 6 heteroatoms. The number of rotatable bonds is 4. The van der Waals surface area contributed by atoms with Gasteiger partial charge in [0.25, 0.3) is 0 Å². The summed E-state index contributed by atoms with van der Waals surface area (Å²) in [5, 5.41) is 20.1. The summed E-state index contributed by atoms with van der Waals surface area (Å²) in [7, 11) is 0. The van der Waals surface area contributed by atoms with Gasteiger partial charge in [0.15, 0.2) is 0 Å². The molecule has 1 saturated heterocycles. The highest BCUT2D eigenvalue weighted by atomic mass is 19.1. The van der Waals surface area contributed by atoms with E-state index in [2.05, 4.69) is 4.98 Å². The van der Waals surface area contributed by atoms with Gasteiger partial charge in [-0.05, 0) is 29.8 Å². The molecule has 0 spiro atoms. The predicted octanol–water partition coefficient (Wildman–Crippen LogP) is 1.68. The van der Waals surface area contributed by atoms with Gasteiger partial charge in [0.2, 0.25) is 0 Å². The predicted molar refractivity (Wildman–Crippen MR) is 80.6 cm³/mol. The van der Waals surface area contributed by atoms with Crippen molar-refractivity contribution in [1.29, 1.82) is 0 Å². The molecule has 1 aromatic carbocycles. The number of aliphatic hydroxyl groups excluding tert-OH is 2. The normalized spacial score (nSPS) is 25.0. The van der Waals surface area contributed by atoms with Crippen molar-refractivity contribution in [3.8, 4) is 0 Å². The Morgan fingerprint density at radius 3 is 2.39 bits per heavy atom. The molecule has 0 aliphatic carbocycles. The molecule has 4 nitrogen and oxygen atoms in total. The molecule has 1 aliphatic heterocycles. The Balaban J connectivity index is 1.78. The van der Waals surface area contributed by atoms with Crippen LogP contribution in [0.5, 0.6) is 0 Å². The van der Waals surface area contributed by atoms with Crippen LogP contribution in [0.25, 0.3) is 0 Å². The van der Waals surface area contributed by atoms with E-state index < -0.39 is 18.0 Å². The lowest BCUT2D eigenvalue weighted by Crippen LogP contribution is -2.38. The molecule has 1 aliphatic rings. The quantitative estimate of drug-likeness (QED) is 0.900. The maximum absolute atomic E-state index is 13.1. The van der Waals surface area contributed by atoms with Crippen LogP contribution in [0.3, 0.4) is 0 Å². The number of pyridine rings is 1. The standard InChI is InChI=1S/C17H18F2N2O2/c18-12-3-1-11(2-4-12)15-9-21(16(10-22)17(15)23)8-14-6-5-13(19)7-20-14/h1-7,15-17,22-23H,8-10H2/t15-,16-,17-/m1/s1. The summed E-state index contributed by atoms with van der Waals surface area (Å²) in [6.07, 6.45) is 0.388. The van der Waals surface area contributed by atoms with Crippen molar-refractivity contribution in [3.63, 3.8) is 0 Å². The minimum absolute atomic E-state index is 0.194. The number of likely N-dealkylation sites (tertiary alicyclic amines) is 1. The zero-order valence-electron chi connectivity index (χ0n) is 12.4. The van der Waals surface area contributed by atoms with E-state index in [0.717, 1.165) is 11.8 Å². The summed E-state index contributed by atoms with van der Waals surface area (Å²) in [5.41, 5.74) is 1.49. The lowest BCUT2D eigenvalue weighted by atomic mass is 9.94. The SMILES string of the molecule is OC[C@@H]1[C@H](O)[C@@H](c2ccc(F)cc2)CN1Cc1ccc(F)cn1. The fourth-order valence-electron chi connectivity index (χ4n) is 3.11. The Labute approximate surface area is 133 Å². The summed E-state index contributed by atoms with van der Waals surface area (Å²) >= 11 is 0. The maximum Gasteiger partial charge on any atom is 0.141 e. The van der Waals surface area contributed by atoms with Crippen LogP contribution >= 0.6 is 0 Å². The molecule has 2 N–H and O–H groups in total. The molecule has 3 rings (SSSR count). The van der Waals surface area contributed by atoms with E-state index in [-0.39, 0.29) is 18.3 Å². The molecule has 0 saturated carbocycles. The lowest BCUT2D eigenvalue weighted by Gasteiger charge is -2.23. The third-order valence-corrected chi connectivity index (χ3v) is 4.35. The molecule has 122 valence electrons. The first-order chi connectivity index (χ1) is 11.1. The van der Waals surface area contributed by atoms with Gasteiger partial charge >= 0.3 is 0 Å². The number of nitrogens with zero attached hydrogens (tertiary/aromatic N) is 2. The van der Waals surface area contributed by atoms with Crippen molar-refractivity contribution in [2.75, 3.05) is 13.2 Å². The maximum atomic E-state index is 13.1. The van der Waals surface area contributed by atoms with Crippen LogP contribution in [0.2, 0.25) is 0 Å². The van der Waals surface area contributed by atoms with Gasteiger partial charge in [-0.15, -0.1) is 0 Å². The monoisotopic (exact) mass is 320 g/mol. The van der Waals surface area contributed by atoms with E-state index in [1.165, 1.54) is 18.2 Å². The van der Waals surface area contributed by atoms with E-state index in [1.54, 1.807) is 18.2 Å². The Kier molecular flexibility index (Phi) is 4.66. The molecule has 3 atom stereocenters. The second kappa shape index (κ2) is 6.70. The second-order valence-corrected chi connectivity index (χ2v) is 5.80. The minimum atomic E-state index is -0.758. The van der Waals surface area contributed by atoms with Crippen LogP contribution in [0.4, 0.5) is 8.78 Å². The van der Waals surface area contributed by atoms with Crippen LogP contribution < -0.4 is 0 Å². The number of halogens is 2. The highest BCUT2D eigenvalue weighted by molar-refractivity contribution is 5.25. The average molecular weight is 320 g/mol. The van der Waals surface area contributed by atoms with E-state index in [1.807, 2.05) is 4.90 Å². The highest BCUT2D eigenvalue weighted by Crippen LogP contribution is 2.33. The molecule has 23 heavy (non-hydrogen) atoms. The van der Waals surface area contributed by atoms with Crippen LogP contribution in [0.15, 0.2) is 42.6 Å². The van der Waals surface area contributed by atoms with Crippen LogP contribution in [0.1, 0.15) is 17.2 Å². The van der Waals surface area contributed by atoms with Gasteiger partial charge < -0.3 is 10.2 Å². The average Bonchev–Trinajstić information content (AvgIpc) is 2.86. The molecule has 0 radical (unpaired) electrons. The van der Waals surface area contributed by atoms with Crippen molar-refractivity contribution < 1.29 is 19.0 Å². The van der Waals surface area contributed by atoms with Crippen molar-refractivity contribution in [2.45, 2.75) is 24.6 Å². The van der Waals surface area contributed by atoms with E-state index in [0.29, 0.717) is 18.8 Å². The Hall–Kier alpha value is -1.89. The molecule has 2 aromatic rings. The molecule has 0 unspecified atom stereocenters. The molecular formula is C17H18F2N2O2. The summed E-state index contributed by atoms with van der Waals surface area (Å²) in [5.74, 6) is -0.946. The smallest absolute Gasteiger partial charge is 0.141 e. The fourth-order valence-corrected chi connectivity index (χ4v) is 3.11. The Morgan fingerprint density at radius 1 is 1.09 bits per heavy atom. The molecular weight excluding hydrogens is 302 g/mol. The molecule has 0 amide bonds. The van der Waals surface area contributed by atoms with Gasteiger partial charge in [0, 0.05) is 19.0 Å². The first-order valence-corrected chi connectivity index (χ1v) is 7.47. The van der Waals surface area contributed by atoms with Crippen LogP contribution in [-0.2, 0) is 6.54 Å². The largest absolute Gasteiger partial charge is 0.395 e. The number of hydrogen-bond donors (Lipinski definition) is 2. The van der Waals surface area contributed by atoms with E-state index in [9.17, 15) is 19.0 Å². The zero-order valence-corrected chi connectivity index (χ0v) is 12.4. The minimum Gasteiger partial charge on any atom is -0.395 e. The van der Waals surface area contributed by atoms with Crippen molar-refractivity contribution in [2.24, 2.45) is 0 Å². The van der Waals surface area contributed by atoms with Gasteiger partial charge in [-0.1, -0.05) is 12.1 Å². The molecule has 2 heterocycles. The third-order valence-electron chi connectivity index (χ3n) is 4.35. The first-order valence-electron chi connectivity index (χ1n) is 7.47. The number of hydrogen-bond acceptors (Lipinski definition) is 4. The van der Waals surface area contributed by atoms with Gasteiger partial charge in [-0.3, -0.25) is 9.88 Å². The molecule has 0 bridgehead atoms. The second-order valence-electron chi connectivity index (χ2n) is 5.80. The summed E-state index contributed by atoms with van der Waals surface area (Å²) in [4.78, 5) is 5.93. The number of aromatic nitrogens is 1. The fraction of sp³-hybridized carbons (Fsp3) is 0.353. The number of aliphatic hydroxyl groups is 2. The molecule has 1 fully saturated rings. The summed E-state index contributed by atoms with van der Waals surface area (Å²) < 4.78 is 26.0. The van der Waals surface area contributed by atoms with Gasteiger partial charge in [-0.2, -0.15) is 0 Å². The van der Waals surface area contributed by atoms with E-state index >= 15 is 0 Å². The lowest BCUT2D eigenvalue weighted by molar-refractivity contribution is 0.0636. The van der Waals surface area contributed by atoms with Gasteiger partial charge in [0.1, 0.15) is 11.6 Å². The van der Waals surface area contributed by atoms with Crippen molar-refractivity contribution >= 4 is 0 Å².